The highest BCUT2D eigenvalue weighted by atomic mass is 16.1. The fourth-order valence-electron chi connectivity index (χ4n) is 3.36. The molecule has 0 aliphatic heterocycles. The summed E-state index contributed by atoms with van der Waals surface area (Å²) in [4.78, 5) is 11.0. The molecule has 0 amide bonds. The van der Waals surface area contributed by atoms with Crippen LogP contribution in [0.3, 0.4) is 0 Å². The third kappa shape index (κ3) is 2.31. The number of hydrogen-bond acceptors (Lipinski definition) is 1. The smallest absolute Gasteiger partial charge is 0.151 e. The normalized spacial score (nSPS) is 23.6. The summed E-state index contributed by atoms with van der Waals surface area (Å²) in [7, 11) is 0. The van der Waals surface area contributed by atoms with Gasteiger partial charge in [0.15, 0.2) is 6.29 Å². The van der Waals surface area contributed by atoms with Crippen LogP contribution >= 0.6 is 0 Å². The maximum Gasteiger partial charge on any atom is 0.151 e. The summed E-state index contributed by atoms with van der Waals surface area (Å²) in [6.45, 7) is 8.89. The summed E-state index contributed by atoms with van der Waals surface area (Å²) in [5.41, 5.74) is 3.66. The number of hydrogen-bond donors (Lipinski definition) is 0. The van der Waals surface area contributed by atoms with Crippen LogP contribution in [-0.4, -0.2) is 10.9 Å². The summed E-state index contributed by atoms with van der Waals surface area (Å²) < 4.78 is 2.38. The standard InChI is InChI=1S/C15H23NO/c1-11-8-13(10-17)12(2)16(11)14-6-5-7-15(3,4)9-14/h8,10,14H,5-7,9H2,1-4H3. The number of aromatic nitrogens is 1. The van der Waals surface area contributed by atoms with E-state index in [0.29, 0.717) is 11.5 Å². The lowest BCUT2D eigenvalue weighted by molar-refractivity contribution is 0.112. The van der Waals surface area contributed by atoms with Gasteiger partial charge in [-0.05, 0) is 44.6 Å². The van der Waals surface area contributed by atoms with Crippen molar-refractivity contribution < 1.29 is 4.79 Å². The summed E-state index contributed by atoms with van der Waals surface area (Å²) in [6.07, 6.45) is 6.07. The minimum absolute atomic E-state index is 0.438. The van der Waals surface area contributed by atoms with E-state index in [1.165, 1.54) is 31.4 Å². The molecule has 1 aliphatic rings. The summed E-state index contributed by atoms with van der Waals surface area (Å²) in [5, 5.41) is 0. The summed E-state index contributed by atoms with van der Waals surface area (Å²) >= 11 is 0. The van der Waals surface area contributed by atoms with Crippen LogP contribution in [0.5, 0.6) is 0 Å². The van der Waals surface area contributed by atoms with Crippen LogP contribution in [-0.2, 0) is 0 Å². The van der Waals surface area contributed by atoms with Gasteiger partial charge in [-0.25, -0.2) is 0 Å². The molecular formula is C15H23NO. The first-order chi connectivity index (χ1) is 7.94. The Morgan fingerprint density at radius 3 is 2.65 bits per heavy atom. The maximum absolute atomic E-state index is 11.0. The van der Waals surface area contributed by atoms with Crippen LogP contribution in [0.2, 0.25) is 0 Å². The first kappa shape index (κ1) is 12.4. The monoisotopic (exact) mass is 233 g/mol. The third-order valence-corrected chi connectivity index (χ3v) is 4.19. The molecule has 0 saturated heterocycles. The predicted molar refractivity (Wildman–Crippen MR) is 70.6 cm³/mol. The Kier molecular flexibility index (Phi) is 3.15. The zero-order valence-corrected chi connectivity index (χ0v) is 11.4. The van der Waals surface area contributed by atoms with Gasteiger partial charge in [-0.3, -0.25) is 4.79 Å². The predicted octanol–water partition coefficient (Wildman–Crippen LogP) is 4.06. The Bertz CT molecular complexity index is 428. The molecule has 1 unspecified atom stereocenters. The van der Waals surface area contributed by atoms with Gasteiger partial charge in [0.25, 0.3) is 0 Å². The van der Waals surface area contributed by atoms with E-state index in [4.69, 9.17) is 0 Å². The van der Waals surface area contributed by atoms with Crippen LogP contribution in [0, 0.1) is 19.3 Å². The minimum Gasteiger partial charge on any atom is -0.345 e. The lowest BCUT2D eigenvalue weighted by Crippen LogP contribution is -2.26. The van der Waals surface area contributed by atoms with E-state index in [2.05, 4.69) is 32.3 Å². The molecule has 0 bridgehead atoms. The quantitative estimate of drug-likeness (QED) is 0.706. The van der Waals surface area contributed by atoms with Crippen molar-refractivity contribution in [3.63, 3.8) is 0 Å². The third-order valence-electron chi connectivity index (χ3n) is 4.19. The topological polar surface area (TPSA) is 22.0 Å². The lowest BCUT2D eigenvalue weighted by Gasteiger charge is -2.37. The second-order valence-corrected chi connectivity index (χ2v) is 6.23. The van der Waals surface area contributed by atoms with Crippen molar-refractivity contribution in [1.82, 2.24) is 4.57 Å². The molecule has 1 aromatic rings. The Hall–Kier alpha value is -1.05. The van der Waals surface area contributed by atoms with Crippen LogP contribution in [0.4, 0.5) is 0 Å². The van der Waals surface area contributed by atoms with Crippen molar-refractivity contribution in [3.8, 4) is 0 Å². The highest BCUT2D eigenvalue weighted by Crippen LogP contribution is 2.42. The van der Waals surface area contributed by atoms with E-state index < -0.39 is 0 Å². The Morgan fingerprint density at radius 2 is 2.12 bits per heavy atom. The molecule has 1 fully saturated rings. The molecule has 0 aromatic carbocycles. The number of rotatable bonds is 2. The molecule has 1 heterocycles. The maximum atomic E-state index is 11.0. The minimum atomic E-state index is 0.438. The fourth-order valence-corrected chi connectivity index (χ4v) is 3.36. The van der Waals surface area contributed by atoms with Crippen molar-refractivity contribution in [2.45, 2.75) is 59.4 Å². The van der Waals surface area contributed by atoms with E-state index in [1.807, 2.05) is 6.07 Å². The Morgan fingerprint density at radius 1 is 1.41 bits per heavy atom. The average Bonchev–Trinajstić information content (AvgIpc) is 2.52. The van der Waals surface area contributed by atoms with Gasteiger partial charge in [-0.15, -0.1) is 0 Å². The van der Waals surface area contributed by atoms with Gasteiger partial charge in [0.2, 0.25) is 0 Å². The van der Waals surface area contributed by atoms with E-state index in [9.17, 15) is 4.79 Å². The fraction of sp³-hybridized carbons (Fsp3) is 0.667. The first-order valence-electron chi connectivity index (χ1n) is 6.58. The van der Waals surface area contributed by atoms with Crippen LogP contribution in [0.25, 0.3) is 0 Å². The van der Waals surface area contributed by atoms with Gasteiger partial charge in [0.1, 0.15) is 0 Å². The second kappa shape index (κ2) is 4.32. The van der Waals surface area contributed by atoms with Crippen LogP contribution in [0.15, 0.2) is 6.07 Å². The van der Waals surface area contributed by atoms with E-state index in [-0.39, 0.29) is 0 Å². The number of aldehydes is 1. The lowest BCUT2D eigenvalue weighted by atomic mass is 9.75. The molecule has 1 saturated carbocycles. The van der Waals surface area contributed by atoms with Crippen molar-refractivity contribution in [1.29, 1.82) is 0 Å². The highest BCUT2D eigenvalue weighted by Gasteiger charge is 2.30. The SMILES string of the molecule is Cc1cc(C=O)c(C)n1C1CCCC(C)(C)C1. The van der Waals surface area contributed by atoms with Gasteiger partial charge < -0.3 is 4.57 Å². The number of carbonyl (C=O) groups is 1. The molecule has 1 aromatic heterocycles. The van der Waals surface area contributed by atoms with Crippen molar-refractivity contribution in [2.75, 3.05) is 0 Å². The zero-order chi connectivity index (χ0) is 12.6. The first-order valence-corrected chi connectivity index (χ1v) is 6.58. The molecule has 94 valence electrons. The van der Waals surface area contributed by atoms with Gasteiger partial charge in [0.05, 0.1) is 0 Å². The van der Waals surface area contributed by atoms with Gasteiger partial charge >= 0.3 is 0 Å². The number of nitrogens with zero attached hydrogens (tertiary/aromatic N) is 1. The Balaban J connectivity index is 2.33. The zero-order valence-electron chi connectivity index (χ0n) is 11.4. The number of aryl methyl sites for hydroxylation is 1. The average molecular weight is 233 g/mol. The molecule has 0 radical (unpaired) electrons. The molecule has 1 atom stereocenters. The van der Waals surface area contributed by atoms with Gasteiger partial charge in [0, 0.05) is 23.0 Å². The molecule has 2 rings (SSSR count). The van der Waals surface area contributed by atoms with E-state index in [1.54, 1.807) is 0 Å². The van der Waals surface area contributed by atoms with Gasteiger partial charge in [-0.2, -0.15) is 0 Å². The second-order valence-electron chi connectivity index (χ2n) is 6.23. The Labute approximate surface area is 104 Å². The van der Waals surface area contributed by atoms with Crippen LogP contribution in [0.1, 0.15) is 67.3 Å². The summed E-state index contributed by atoms with van der Waals surface area (Å²) in [5.74, 6) is 0. The molecule has 0 N–H and O–H groups in total. The summed E-state index contributed by atoms with van der Waals surface area (Å²) in [6, 6.07) is 2.59. The molecule has 0 spiro atoms. The largest absolute Gasteiger partial charge is 0.345 e. The highest BCUT2D eigenvalue weighted by molar-refractivity contribution is 5.77. The van der Waals surface area contributed by atoms with Crippen molar-refractivity contribution in [2.24, 2.45) is 5.41 Å². The van der Waals surface area contributed by atoms with Crippen molar-refractivity contribution in [3.05, 3.63) is 23.0 Å². The number of carbonyl (C=O) groups excluding carboxylic acids is 1. The molecule has 2 heteroatoms. The molecular weight excluding hydrogens is 210 g/mol. The molecule has 1 aliphatic carbocycles. The van der Waals surface area contributed by atoms with Crippen LogP contribution < -0.4 is 0 Å². The molecule has 2 nitrogen and oxygen atoms in total. The van der Waals surface area contributed by atoms with E-state index >= 15 is 0 Å². The van der Waals surface area contributed by atoms with E-state index in [0.717, 1.165) is 17.5 Å². The van der Waals surface area contributed by atoms with Gasteiger partial charge in [-0.1, -0.05) is 20.3 Å². The van der Waals surface area contributed by atoms with Crippen molar-refractivity contribution >= 4 is 6.29 Å². The molecule has 17 heavy (non-hydrogen) atoms.